The predicted molar refractivity (Wildman–Crippen MR) is 109 cm³/mol. The molecule has 0 aromatic heterocycles. The number of carbonyl (C=O) groups excluding carboxylic acids is 2. The van der Waals surface area contributed by atoms with Gasteiger partial charge < -0.3 is 15.4 Å². The molecule has 3 N–H and O–H groups in total. The second-order valence-electron chi connectivity index (χ2n) is 7.57. The molecule has 162 valence electrons. The second-order valence-corrected chi connectivity index (χ2v) is 9.34. The van der Waals surface area contributed by atoms with E-state index < -0.39 is 21.5 Å². The molecule has 1 heterocycles. The number of nitrogens with one attached hydrogen (secondary N) is 1. The highest BCUT2D eigenvalue weighted by Gasteiger charge is 2.36. The number of nitrogens with zero attached hydrogens (tertiary/aromatic N) is 2. The Balaban J connectivity index is 2.15. The number of ether oxygens (including phenoxy) is 1. The molecular weight excluding hydrogens is 396 g/mol. The Morgan fingerprint density at radius 2 is 1.83 bits per heavy atom. The molecular formula is C19H30N4O5S. The Hall–Kier alpha value is -2.01. The van der Waals surface area contributed by atoms with Crippen molar-refractivity contribution in [3.8, 4) is 0 Å². The number of hydrogen-bond donors (Lipinski definition) is 2. The van der Waals surface area contributed by atoms with Crippen LogP contribution in [-0.2, 0) is 19.6 Å². The second kappa shape index (κ2) is 9.21. The number of benzene rings is 1. The van der Waals surface area contributed by atoms with Gasteiger partial charge in [0.15, 0.2) is 0 Å². The van der Waals surface area contributed by atoms with Crippen LogP contribution >= 0.6 is 0 Å². The summed E-state index contributed by atoms with van der Waals surface area (Å²) < 4.78 is 32.2. The number of nitrogens with two attached hydrogens (primary N) is 1. The van der Waals surface area contributed by atoms with Gasteiger partial charge in [0.1, 0.15) is 0 Å². The van der Waals surface area contributed by atoms with Crippen molar-refractivity contribution in [3.05, 3.63) is 29.3 Å². The summed E-state index contributed by atoms with van der Waals surface area (Å²) >= 11 is 0. The van der Waals surface area contributed by atoms with Gasteiger partial charge in [-0.25, -0.2) is 13.1 Å². The van der Waals surface area contributed by atoms with Crippen molar-refractivity contribution in [1.29, 1.82) is 0 Å². The van der Waals surface area contributed by atoms with E-state index in [1.165, 1.54) is 19.2 Å². The van der Waals surface area contributed by atoms with Gasteiger partial charge in [0, 0.05) is 45.4 Å². The van der Waals surface area contributed by atoms with E-state index in [2.05, 4.69) is 4.72 Å². The van der Waals surface area contributed by atoms with Crippen LogP contribution in [0, 0.1) is 6.92 Å². The summed E-state index contributed by atoms with van der Waals surface area (Å²) in [5.74, 6) is -0.639. The lowest BCUT2D eigenvalue weighted by atomic mass is 10.0. The lowest BCUT2D eigenvalue weighted by molar-refractivity contribution is -0.129. The highest BCUT2D eigenvalue weighted by atomic mass is 32.2. The lowest BCUT2D eigenvalue weighted by Crippen LogP contribution is -2.60. The minimum absolute atomic E-state index is 0.0380. The molecule has 0 bridgehead atoms. The van der Waals surface area contributed by atoms with Gasteiger partial charge in [0.2, 0.25) is 15.9 Å². The Morgan fingerprint density at radius 3 is 2.38 bits per heavy atom. The predicted octanol–water partition coefficient (Wildman–Crippen LogP) is -0.0586. The Labute approximate surface area is 172 Å². The molecule has 1 aromatic carbocycles. The third-order valence-electron chi connectivity index (χ3n) is 5.31. The largest absolute Gasteiger partial charge is 0.383 e. The fraction of sp³-hybridized carbons (Fsp3) is 0.579. The minimum atomic E-state index is -3.73. The fourth-order valence-corrected chi connectivity index (χ4v) is 4.19. The molecule has 0 saturated carbocycles. The van der Waals surface area contributed by atoms with Gasteiger partial charge in [0.05, 0.1) is 17.0 Å². The normalized spacial score (nSPS) is 16.1. The van der Waals surface area contributed by atoms with Gasteiger partial charge in [-0.1, -0.05) is 6.07 Å². The highest BCUT2D eigenvalue weighted by Crippen LogP contribution is 2.21. The molecule has 29 heavy (non-hydrogen) atoms. The van der Waals surface area contributed by atoms with Crippen LogP contribution in [-0.4, -0.2) is 82.0 Å². The van der Waals surface area contributed by atoms with Crippen molar-refractivity contribution in [1.82, 2.24) is 14.5 Å². The summed E-state index contributed by atoms with van der Waals surface area (Å²) in [5, 5.41) is 0. The first-order chi connectivity index (χ1) is 13.5. The van der Waals surface area contributed by atoms with Crippen molar-refractivity contribution >= 4 is 21.8 Å². The molecule has 10 heteroatoms. The van der Waals surface area contributed by atoms with Crippen molar-refractivity contribution in [2.45, 2.75) is 31.2 Å². The summed E-state index contributed by atoms with van der Waals surface area (Å²) in [6, 6.07) is 4.52. The van der Waals surface area contributed by atoms with E-state index >= 15 is 0 Å². The Kier molecular flexibility index (Phi) is 7.39. The number of amides is 2. The van der Waals surface area contributed by atoms with E-state index in [0.717, 1.165) is 0 Å². The van der Waals surface area contributed by atoms with E-state index in [9.17, 15) is 18.0 Å². The average Bonchev–Trinajstić information content (AvgIpc) is 2.67. The van der Waals surface area contributed by atoms with E-state index in [1.54, 1.807) is 31.7 Å². The summed E-state index contributed by atoms with van der Waals surface area (Å²) in [7, 11) is -2.25. The number of hydrogen-bond acceptors (Lipinski definition) is 6. The van der Waals surface area contributed by atoms with Crippen molar-refractivity contribution in [3.63, 3.8) is 0 Å². The number of rotatable bonds is 8. The van der Waals surface area contributed by atoms with Gasteiger partial charge in [-0.15, -0.1) is 0 Å². The topological polar surface area (TPSA) is 122 Å². The maximum Gasteiger partial charge on any atom is 0.254 e. The fourth-order valence-electron chi connectivity index (χ4n) is 3.15. The summed E-state index contributed by atoms with van der Waals surface area (Å²) in [4.78, 5) is 28.3. The maximum absolute atomic E-state index is 13.0. The minimum Gasteiger partial charge on any atom is -0.383 e. The smallest absolute Gasteiger partial charge is 0.254 e. The SMILES string of the molecule is COCCNS(=O)(=O)c1ccc(C)c(C(=O)N2CCN(C(C)(C)C(N)=O)CC2)c1. The molecule has 0 unspecified atom stereocenters. The molecule has 1 aliphatic rings. The zero-order chi connectivity index (χ0) is 21.8. The molecule has 1 aliphatic heterocycles. The first-order valence-corrected chi connectivity index (χ1v) is 10.9. The van der Waals surface area contributed by atoms with E-state index in [0.29, 0.717) is 37.3 Å². The molecule has 1 aromatic rings. The zero-order valence-corrected chi connectivity index (χ0v) is 18.2. The van der Waals surface area contributed by atoms with Crippen LogP contribution in [0.2, 0.25) is 0 Å². The molecule has 2 amide bonds. The molecule has 1 fully saturated rings. The molecule has 9 nitrogen and oxygen atoms in total. The van der Waals surface area contributed by atoms with Crippen LogP contribution in [0.4, 0.5) is 0 Å². The van der Waals surface area contributed by atoms with Crippen LogP contribution in [0.3, 0.4) is 0 Å². The van der Waals surface area contributed by atoms with Gasteiger partial charge >= 0.3 is 0 Å². The van der Waals surface area contributed by atoms with Crippen LogP contribution < -0.4 is 10.5 Å². The number of piperazine rings is 1. The molecule has 1 saturated heterocycles. The van der Waals surface area contributed by atoms with Crippen molar-refractivity contribution in [2.75, 3.05) is 46.4 Å². The number of primary amides is 1. The van der Waals surface area contributed by atoms with Crippen LogP contribution in [0.5, 0.6) is 0 Å². The molecule has 0 spiro atoms. The zero-order valence-electron chi connectivity index (χ0n) is 17.4. The molecule has 0 radical (unpaired) electrons. The highest BCUT2D eigenvalue weighted by molar-refractivity contribution is 7.89. The third kappa shape index (κ3) is 5.33. The number of aryl methyl sites for hydroxylation is 1. The van der Waals surface area contributed by atoms with Crippen molar-refractivity contribution < 1.29 is 22.7 Å². The van der Waals surface area contributed by atoms with Gasteiger partial charge in [0.25, 0.3) is 5.91 Å². The van der Waals surface area contributed by atoms with Crippen molar-refractivity contribution in [2.24, 2.45) is 5.73 Å². The van der Waals surface area contributed by atoms with Crippen LogP contribution in [0.15, 0.2) is 23.1 Å². The quantitative estimate of drug-likeness (QED) is 0.562. The summed E-state index contributed by atoms with van der Waals surface area (Å²) in [6.07, 6.45) is 0. The van der Waals surface area contributed by atoms with Gasteiger partial charge in [-0.05, 0) is 38.5 Å². The monoisotopic (exact) mass is 426 g/mol. The first kappa shape index (κ1) is 23.3. The molecule has 2 rings (SSSR count). The Bertz CT molecular complexity index is 861. The number of sulfonamides is 1. The van der Waals surface area contributed by atoms with Crippen LogP contribution in [0.25, 0.3) is 0 Å². The van der Waals surface area contributed by atoms with Gasteiger partial charge in [-0.3, -0.25) is 14.5 Å². The average molecular weight is 427 g/mol. The maximum atomic E-state index is 13.0. The number of carbonyl (C=O) groups is 2. The van der Waals surface area contributed by atoms with E-state index in [1.807, 2.05) is 4.90 Å². The molecule has 0 aliphatic carbocycles. The van der Waals surface area contributed by atoms with E-state index in [-0.39, 0.29) is 24.0 Å². The van der Waals surface area contributed by atoms with Crippen LogP contribution in [0.1, 0.15) is 29.8 Å². The lowest BCUT2D eigenvalue weighted by Gasteiger charge is -2.42. The summed E-state index contributed by atoms with van der Waals surface area (Å²) in [5.41, 5.74) is 5.74. The number of methoxy groups -OCH3 is 1. The third-order valence-corrected chi connectivity index (χ3v) is 6.77. The van der Waals surface area contributed by atoms with E-state index in [4.69, 9.17) is 10.5 Å². The molecule has 0 atom stereocenters. The Morgan fingerprint density at radius 1 is 1.21 bits per heavy atom. The summed E-state index contributed by atoms with van der Waals surface area (Å²) in [6.45, 7) is 7.58. The first-order valence-electron chi connectivity index (χ1n) is 9.44. The van der Waals surface area contributed by atoms with Gasteiger partial charge in [-0.2, -0.15) is 0 Å². The standard InChI is InChI=1S/C19H30N4O5S/c1-14-5-6-15(29(26,27)21-7-12-28-4)13-16(14)17(24)22-8-10-23(11-9-22)19(2,3)18(20)25/h5-6,13,21H,7-12H2,1-4H3,(H2,20,25).